The molecule has 44 heavy (non-hydrogen) atoms. The summed E-state index contributed by atoms with van der Waals surface area (Å²) >= 11 is 6.27. The SMILES string of the molecule is C=Cc1c(C)ccc(-c2ccc(C#N)cc2Cl)c1N=C.O=C(O)CNC(=O)c1c(F)cc(NC(C2CC2)C(F)(F)F)cc1F. The normalized spacial score (nSPS) is 13.0. The molecule has 1 unspecified atom stereocenters. The van der Waals surface area contributed by atoms with E-state index in [1.807, 2.05) is 30.4 Å². The number of rotatable bonds is 9. The minimum absolute atomic E-state index is 0.359. The second-order valence-corrected chi connectivity index (χ2v) is 10.2. The van der Waals surface area contributed by atoms with Crippen molar-refractivity contribution in [3.63, 3.8) is 0 Å². The summed E-state index contributed by atoms with van der Waals surface area (Å²) in [4.78, 5) is 26.0. The van der Waals surface area contributed by atoms with Crippen molar-refractivity contribution in [2.45, 2.75) is 32.0 Å². The van der Waals surface area contributed by atoms with Gasteiger partial charge in [0.25, 0.3) is 5.91 Å². The number of carbonyl (C=O) groups excluding carboxylic acids is 1. The average molecular weight is 633 g/mol. The van der Waals surface area contributed by atoms with Crippen LogP contribution in [-0.4, -0.2) is 42.5 Å². The molecule has 1 fully saturated rings. The minimum atomic E-state index is -4.58. The average Bonchev–Trinajstić information content (AvgIpc) is 3.79. The minimum Gasteiger partial charge on any atom is -0.480 e. The molecule has 3 aromatic rings. The zero-order valence-corrected chi connectivity index (χ0v) is 24.0. The van der Waals surface area contributed by atoms with Gasteiger partial charge in [0.2, 0.25) is 0 Å². The van der Waals surface area contributed by atoms with Gasteiger partial charge in [-0.2, -0.15) is 18.4 Å². The summed E-state index contributed by atoms with van der Waals surface area (Å²) in [6, 6.07) is 10.4. The van der Waals surface area contributed by atoms with E-state index in [1.165, 1.54) is 0 Å². The molecule has 0 aliphatic heterocycles. The molecule has 0 saturated heterocycles. The van der Waals surface area contributed by atoms with Crippen LogP contribution in [0.2, 0.25) is 5.02 Å². The van der Waals surface area contributed by atoms with Crippen molar-refractivity contribution in [2.24, 2.45) is 10.9 Å². The summed E-state index contributed by atoms with van der Waals surface area (Å²) in [6.45, 7) is 8.60. The second kappa shape index (κ2) is 14.1. The fourth-order valence-electron chi connectivity index (χ4n) is 4.35. The summed E-state index contributed by atoms with van der Waals surface area (Å²) in [5.41, 5.74) is 3.51. The van der Waals surface area contributed by atoms with E-state index in [0.29, 0.717) is 35.6 Å². The van der Waals surface area contributed by atoms with Gasteiger partial charge < -0.3 is 15.7 Å². The number of aliphatic carboxylic acids is 1. The quantitative estimate of drug-likeness (QED) is 0.165. The Labute approximate surface area is 254 Å². The number of hydrogen-bond acceptors (Lipinski definition) is 5. The van der Waals surface area contributed by atoms with E-state index < -0.39 is 59.4 Å². The first-order valence-electron chi connectivity index (χ1n) is 13.0. The molecule has 0 radical (unpaired) electrons. The zero-order chi connectivity index (χ0) is 32.8. The summed E-state index contributed by atoms with van der Waals surface area (Å²) in [5.74, 6) is -6.17. The van der Waals surface area contributed by atoms with Gasteiger partial charge in [0.15, 0.2) is 0 Å². The number of nitrogens with one attached hydrogen (secondary N) is 2. The highest BCUT2D eigenvalue weighted by Gasteiger charge is 2.49. The monoisotopic (exact) mass is 632 g/mol. The molecule has 7 nitrogen and oxygen atoms in total. The molecule has 4 rings (SSSR count). The van der Waals surface area contributed by atoms with Gasteiger partial charge in [-0.15, -0.1) is 0 Å². The molecule has 1 aliphatic carbocycles. The Balaban J connectivity index is 0.000000244. The van der Waals surface area contributed by atoms with Gasteiger partial charge in [-0.3, -0.25) is 14.6 Å². The highest BCUT2D eigenvalue weighted by Crippen LogP contribution is 2.42. The van der Waals surface area contributed by atoms with E-state index in [2.05, 4.69) is 24.4 Å². The lowest BCUT2D eigenvalue weighted by Crippen LogP contribution is -2.38. The number of benzene rings is 3. The smallest absolute Gasteiger partial charge is 0.408 e. The summed E-state index contributed by atoms with van der Waals surface area (Å²) in [6.07, 6.45) is -2.10. The maximum absolute atomic E-state index is 13.9. The molecule has 0 bridgehead atoms. The highest BCUT2D eigenvalue weighted by molar-refractivity contribution is 6.33. The van der Waals surface area contributed by atoms with Crippen molar-refractivity contribution >= 4 is 47.6 Å². The Bertz CT molecular complexity index is 1630. The molecule has 1 saturated carbocycles. The van der Waals surface area contributed by atoms with E-state index in [1.54, 1.807) is 23.5 Å². The fraction of sp³-hybridized carbons (Fsp3) is 0.226. The van der Waals surface area contributed by atoms with Crippen LogP contribution in [0.1, 0.15) is 39.9 Å². The van der Waals surface area contributed by atoms with Crippen molar-refractivity contribution in [3.8, 4) is 17.2 Å². The number of halogens is 6. The molecule has 1 amide bonds. The molecule has 0 spiro atoms. The number of amides is 1. The standard InChI is InChI=1S/C17H13ClN2.C14H13F5N2O3/c1-4-13-11(2)5-7-15(17(13)20-3)14-8-6-12(10-19)9-16(14)18;15-8-3-7(21-12(6-1-2-6)14(17,18)19)4-9(16)11(8)13(24)20-5-10(22)23/h4-9H,1,3H2,2H3;3-4,6,12,21H,1-2,5H2,(H,20,24)(H,22,23). The first-order valence-corrected chi connectivity index (χ1v) is 13.3. The van der Waals surface area contributed by atoms with Gasteiger partial charge in [-0.25, -0.2) is 8.78 Å². The molecular weight excluding hydrogens is 607 g/mol. The Hall–Kier alpha value is -4.76. The summed E-state index contributed by atoms with van der Waals surface area (Å²) in [5, 5.41) is 21.6. The van der Waals surface area contributed by atoms with E-state index in [0.717, 1.165) is 27.9 Å². The van der Waals surface area contributed by atoms with Gasteiger partial charge in [-0.1, -0.05) is 42.5 Å². The molecular formula is C31H26ClF5N4O3. The number of nitriles is 1. The molecule has 230 valence electrons. The van der Waals surface area contributed by atoms with Crippen molar-refractivity contribution in [1.29, 1.82) is 5.26 Å². The van der Waals surface area contributed by atoms with E-state index in [4.69, 9.17) is 22.0 Å². The number of nitrogens with zero attached hydrogens (tertiary/aromatic N) is 2. The first-order chi connectivity index (χ1) is 20.7. The molecule has 3 aromatic carbocycles. The molecule has 0 aromatic heterocycles. The van der Waals surface area contributed by atoms with Crippen LogP contribution in [0.4, 0.5) is 33.3 Å². The second-order valence-electron chi connectivity index (χ2n) is 9.75. The molecule has 3 N–H and O–H groups in total. The number of anilines is 1. The lowest BCUT2D eigenvalue weighted by atomic mass is 9.96. The fourth-order valence-corrected chi connectivity index (χ4v) is 4.63. The maximum atomic E-state index is 13.9. The van der Waals surface area contributed by atoms with Crippen molar-refractivity contribution < 1.29 is 36.6 Å². The number of aliphatic imine (C=N–C) groups is 1. The third kappa shape index (κ3) is 8.20. The topological polar surface area (TPSA) is 115 Å². The van der Waals surface area contributed by atoms with Gasteiger partial charge in [0, 0.05) is 27.4 Å². The van der Waals surface area contributed by atoms with Gasteiger partial charge in [-0.05, 0) is 62.2 Å². The predicted molar refractivity (Wildman–Crippen MR) is 158 cm³/mol. The zero-order valence-electron chi connectivity index (χ0n) is 23.2. The van der Waals surface area contributed by atoms with Gasteiger partial charge >= 0.3 is 12.1 Å². The van der Waals surface area contributed by atoms with Crippen LogP contribution in [0, 0.1) is 35.8 Å². The Morgan fingerprint density at radius 1 is 1.16 bits per heavy atom. The van der Waals surface area contributed by atoms with Crippen LogP contribution in [0.5, 0.6) is 0 Å². The van der Waals surface area contributed by atoms with Crippen LogP contribution in [0.25, 0.3) is 17.2 Å². The highest BCUT2D eigenvalue weighted by atomic mass is 35.5. The van der Waals surface area contributed by atoms with Crippen molar-refractivity contribution in [1.82, 2.24) is 5.32 Å². The number of carboxylic acids is 1. The summed E-state index contributed by atoms with van der Waals surface area (Å²) in [7, 11) is 0. The van der Waals surface area contributed by atoms with Gasteiger partial charge in [0.1, 0.15) is 29.8 Å². The molecule has 1 aliphatic rings. The van der Waals surface area contributed by atoms with Crippen LogP contribution in [-0.2, 0) is 4.79 Å². The third-order valence-electron chi connectivity index (χ3n) is 6.62. The van der Waals surface area contributed by atoms with E-state index >= 15 is 0 Å². The lowest BCUT2D eigenvalue weighted by Gasteiger charge is -2.22. The number of carbonyl (C=O) groups is 2. The van der Waals surface area contributed by atoms with E-state index in [9.17, 15) is 31.5 Å². The third-order valence-corrected chi connectivity index (χ3v) is 6.94. The van der Waals surface area contributed by atoms with Crippen LogP contribution >= 0.6 is 11.6 Å². The number of hydrogen-bond donors (Lipinski definition) is 3. The number of alkyl halides is 3. The van der Waals surface area contributed by atoms with Crippen LogP contribution in [0.3, 0.4) is 0 Å². The Morgan fingerprint density at radius 2 is 1.77 bits per heavy atom. The maximum Gasteiger partial charge on any atom is 0.408 e. The lowest BCUT2D eigenvalue weighted by molar-refractivity contribution is -0.146. The van der Waals surface area contributed by atoms with Crippen LogP contribution < -0.4 is 10.6 Å². The van der Waals surface area contributed by atoms with Gasteiger partial charge in [0.05, 0.1) is 17.3 Å². The summed E-state index contributed by atoms with van der Waals surface area (Å²) < 4.78 is 66.5. The van der Waals surface area contributed by atoms with Crippen LogP contribution in [0.15, 0.2) is 54.0 Å². The largest absolute Gasteiger partial charge is 0.480 e. The van der Waals surface area contributed by atoms with Crippen molar-refractivity contribution in [3.05, 3.63) is 88.0 Å². The predicted octanol–water partition coefficient (Wildman–Crippen LogP) is 7.69. The Kier molecular flexibility index (Phi) is 10.8. The molecule has 1 atom stereocenters. The molecule has 13 heteroatoms. The molecule has 0 heterocycles. The number of carboxylic acid groups (broad SMARTS) is 1. The van der Waals surface area contributed by atoms with Crippen molar-refractivity contribution in [2.75, 3.05) is 11.9 Å². The van der Waals surface area contributed by atoms with E-state index in [-0.39, 0.29) is 0 Å². The first kappa shape index (κ1) is 33.7. The Morgan fingerprint density at radius 3 is 2.25 bits per heavy atom. The number of aryl methyl sites for hydroxylation is 1.